The van der Waals surface area contributed by atoms with Crippen LogP contribution in [0.1, 0.15) is 11.7 Å². The summed E-state index contributed by atoms with van der Waals surface area (Å²) in [7, 11) is 0. The lowest BCUT2D eigenvalue weighted by atomic mass is 10.1. The van der Waals surface area contributed by atoms with Crippen LogP contribution in [-0.2, 0) is 0 Å². The Morgan fingerprint density at radius 2 is 2.20 bits per heavy atom. The first-order valence-electron chi connectivity index (χ1n) is 4.31. The van der Waals surface area contributed by atoms with Crippen molar-refractivity contribution in [3.05, 3.63) is 29.3 Å². The zero-order valence-electron chi connectivity index (χ0n) is 7.66. The van der Waals surface area contributed by atoms with Gasteiger partial charge in [-0.15, -0.1) is 11.3 Å². The molecule has 0 aliphatic rings. The fourth-order valence-corrected chi connectivity index (χ4v) is 2.03. The van der Waals surface area contributed by atoms with Crippen molar-refractivity contribution in [3.63, 3.8) is 0 Å². The second-order valence-electron chi connectivity index (χ2n) is 3.10. The highest BCUT2D eigenvalue weighted by molar-refractivity contribution is 7.16. The monoisotopic (exact) mass is 220 g/mol. The topological polar surface area (TPSA) is 77.1 Å². The Hall–Kier alpha value is -1.48. The molecule has 0 aliphatic heterocycles. The molecule has 2 aromatic rings. The number of rotatable bonds is 2. The number of nitriles is 1. The van der Waals surface area contributed by atoms with E-state index in [1.807, 2.05) is 0 Å². The number of hydrogen-bond donors (Lipinski definition) is 2. The van der Waals surface area contributed by atoms with E-state index >= 15 is 0 Å². The van der Waals surface area contributed by atoms with Crippen LogP contribution in [0, 0.1) is 11.3 Å². The minimum Gasteiger partial charge on any atom is -0.385 e. The normalized spacial score (nSPS) is 14.7. The van der Waals surface area contributed by atoms with Crippen LogP contribution in [0.5, 0.6) is 0 Å². The molecule has 2 atom stereocenters. The highest BCUT2D eigenvalue weighted by atomic mass is 32.1. The molecule has 0 amide bonds. The lowest BCUT2D eigenvalue weighted by molar-refractivity contribution is 0.0529. The molecule has 1 heterocycles. The van der Waals surface area contributed by atoms with Gasteiger partial charge < -0.3 is 10.2 Å². The van der Waals surface area contributed by atoms with Gasteiger partial charge in [-0.25, -0.2) is 4.98 Å². The van der Waals surface area contributed by atoms with Gasteiger partial charge in [-0.2, -0.15) is 5.26 Å². The van der Waals surface area contributed by atoms with Crippen LogP contribution in [-0.4, -0.2) is 21.3 Å². The summed E-state index contributed by atoms with van der Waals surface area (Å²) in [5.41, 5.74) is 3.09. The molecule has 2 unspecified atom stereocenters. The van der Waals surface area contributed by atoms with Crippen molar-refractivity contribution >= 4 is 21.6 Å². The van der Waals surface area contributed by atoms with Gasteiger partial charge >= 0.3 is 0 Å². The lowest BCUT2D eigenvalue weighted by Crippen LogP contribution is -2.15. The standard InChI is InChI=1S/C10H8N2O2S/c11-4-8(13)10(14)6-1-2-7-9(3-6)15-5-12-7/h1-3,5,8,10,13-14H. The molecule has 0 aliphatic carbocycles. The minimum atomic E-state index is -1.39. The summed E-state index contributed by atoms with van der Waals surface area (Å²) in [4.78, 5) is 4.09. The Bertz CT molecular complexity index is 517. The third-order valence-electron chi connectivity index (χ3n) is 2.13. The Morgan fingerprint density at radius 1 is 1.40 bits per heavy atom. The van der Waals surface area contributed by atoms with Crippen LogP contribution < -0.4 is 0 Å². The summed E-state index contributed by atoms with van der Waals surface area (Å²) >= 11 is 1.45. The molecular formula is C10H8N2O2S. The highest BCUT2D eigenvalue weighted by Gasteiger charge is 2.17. The number of thiazole rings is 1. The van der Waals surface area contributed by atoms with Gasteiger partial charge in [0.15, 0.2) is 6.10 Å². The predicted octanol–water partition coefficient (Wildman–Crippen LogP) is 1.21. The molecule has 1 aromatic carbocycles. The third kappa shape index (κ3) is 1.83. The maximum Gasteiger partial charge on any atom is 0.170 e. The maximum atomic E-state index is 9.60. The third-order valence-corrected chi connectivity index (χ3v) is 2.92. The van der Waals surface area contributed by atoms with Crippen molar-refractivity contribution in [2.45, 2.75) is 12.2 Å². The fourth-order valence-electron chi connectivity index (χ4n) is 1.31. The molecule has 1 aromatic heterocycles. The Morgan fingerprint density at radius 3 is 2.93 bits per heavy atom. The summed E-state index contributed by atoms with van der Waals surface area (Å²) in [6.07, 6.45) is -2.56. The number of aliphatic hydroxyl groups is 2. The van der Waals surface area contributed by atoms with E-state index in [1.54, 1.807) is 29.8 Å². The number of hydrogen-bond acceptors (Lipinski definition) is 5. The van der Waals surface area contributed by atoms with E-state index in [0.29, 0.717) is 5.56 Å². The predicted molar refractivity (Wildman–Crippen MR) is 56.2 cm³/mol. The van der Waals surface area contributed by atoms with E-state index < -0.39 is 12.2 Å². The highest BCUT2D eigenvalue weighted by Crippen LogP contribution is 2.24. The summed E-state index contributed by atoms with van der Waals surface area (Å²) in [6.45, 7) is 0. The van der Waals surface area contributed by atoms with E-state index in [1.165, 1.54) is 11.3 Å². The first kappa shape index (κ1) is 10.1. The fraction of sp³-hybridized carbons (Fsp3) is 0.200. The van der Waals surface area contributed by atoms with E-state index in [9.17, 15) is 10.2 Å². The number of aromatic nitrogens is 1. The summed E-state index contributed by atoms with van der Waals surface area (Å²) in [6, 6.07) is 6.75. The number of aliphatic hydroxyl groups excluding tert-OH is 2. The van der Waals surface area contributed by atoms with Gasteiger partial charge in [-0.1, -0.05) is 6.07 Å². The average Bonchev–Trinajstić information content (AvgIpc) is 2.73. The molecule has 5 heteroatoms. The molecular weight excluding hydrogens is 212 g/mol. The molecule has 0 fully saturated rings. The van der Waals surface area contributed by atoms with Crippen molar-refractivity contribution in [2.75, 3.05) is 0 Å². The minimum absolute atomic E-state index is 0.529. The van der Waals surface area contributed by atoms with Crippen molar-refractivity contribution < 1.29 is 10.2 Å². The van der Waals surface area contributed by atoms with Crippen molar-refractivity contribution in [1.29, 1.82) is 5.26 Å². The van der Waals surface area contributed by atoms with Crippen molar-refractivity contribution in [3.8, 4) is 6.07 Å². The van der Waals surface area contributed by atoms with E-state index in [-0.39, 0.29) is 0 Å². The molecule has 0 saturated carbocycles. The van der Waals surface area contributed by atoms with Gasteiger partial charge in [0.05, 0.1) is 21.8 Å². The van der Waals surface area contributed by atoms with Crippen LogP contribution in [0.3, 0.4) is 0 Å². The molecule has 2 rings (SSSR count). The second kappa shape index (κ2) is 3.95. The number of nitrogens with zero attached hydrogens (tertiary/aromatic N) is 2. The molecule has 0 spiro atoms. The van der Waals surface area contributed by atoms with Crippen LogP contribution in [0.25, 0.3) is 10.2 Å². The number of fused-ring (bicyclic) bond motifs is 1. The summed E-state index contributed by atoms with van der Waals surface area (Å²) in [5.74, 6) is 0. The summed E-state index contributed by atoms with van der Waals surface area (Å²) in [5, 5.41) is 27.2. The first-order valence-corrected chi connectivity index (χ1v) is 5.19. The first-order chi connectivity index (χ1) is 7.22. The van der Waals surface area contributed by atoms with E-state index in [0.717, 1.165) is 10.2 Å². The SMILES string of the molecule is N#CC(O)C(O)c1ccc2ncsc2c1. The zero-order chi connectivity index (χ0) is 10.8. The van der Waals surface area contributed by atoms with Gasteiger partial charge in [0.25, 0.3) is 0 Å². The van der Waals surface area contributed by atoms with E-state index in [4.69, 9.17) is 5.26 Å². The smallest absolute Gasteiger partial charge is 0.170 e. The average molecular weight is 220 g/mol. The van der Waals surface area contributed by atoms with E-state index in [2.05, 4.69) is 4.98 Å². The van der Waals surface area contributed by atoms with Crippen LogP contribution in [0.4, 0.5) is 0 Å². The Labute approximate surface area is 90.0 Å². The van der Waals surface area contributed by atoms with Gasteiger partial charge in [0.2, 0.25) is 0 Å². The van der Waals surface area contributed by atoms with Gasteiger partial charge in [-0.3, -0.25) is 0 Å². The quantitative estimate of drug-likeness (QED) is 0.746. The van der Waals surface area contributed by atoms with Gasteiger partial charge in [0.1, 0.15) is 6.10 Å². The number of benzene rings is 1. The Balaban J connectivity index is 2.40. The second-order valence-corrected chi connectivity index (χ2v) is 3.98. The van der Waals surface area contributed by atoms with Crippen LogP contribution in [0.2, 0.25) is 0 Å². The Kier molecular flexibility index (Phi) is 2.64. The summed E-state index contributed by atoms with van der Waals surface area (Å²) < 4.78 is 0.927. The molecule has 0 saturated heterocycles. The lowest BCUT2D eigenvalue weighted by Gasteiger charge is -2.11. The molecule has 0 bridgehead atoms. The molecule has 2 N–H and O–H groups in total. The molecule has 76 valence electrons. The van der Waals surface area contributed by atoms with Crippen LogP contribution >= 0.6 is 11.3 Å². The van der Waals surface area contributed by atoms with Gasteiger partial charge in [0, 0.05) is 0 Å². The van der Waals surface area contributed by atoms with Crippen molar-refractivity contribution in [1.82, 2.24) is 4.98 Å². The molecule has 4 nitrogen and oxygen atoms in total. The molecule has 0 radical (unpaired) electrons. The van der Waals surface area contributed by atoms with Crippen molar-refractivity contribution in [2.24, 2.45) is 0 Å². The van der Waals surface area contributed by atoms with Gasteiger partial charge in [-0.05, 0) is 17.7 Å². The molecule has 15 heavy (non-hydrogen) atoms. The van der Waals surface area contributed by atoms with Crippen LogP contribution in [0.15, 0.2) is 23.7 Å². The zero-order valence-corrected chi connectivity index (χ0v) is 8.48. The largest absolute Gasteiger partial charge is 0.385 e. The maximum absolute atomic E-state index is 9.60.